The average molecular weight is 352 g/mol. The van der Waals surface area contributed by atoms with Crippen LogP contribution in [0.3, 0.4) is 0 Å². The van der Waals surface area contributed by atoms with Crippen molar-refractivity contribution in [1.82, 2.24) is 0 Å². The van der Waals surface area contributed by atoms with Gasteiger partial charge in [0.2, 0.25) is 0 Å². The predicted molar refractivity (Wildman–Crippen MR) is 86.3 cm³/mol. The molecule has 0 N–H and O–H groups in total. The number of hydrogen-bond acceptors (Lipinski definition) is 7. The lowest BCUT2D eigenvalue weighted by molar-refractivity contribution is -0.161. The van der Waals surface area contributed by atoms with Crippen molar-refractivity contribution in [2.75, 3.05) is 32.6 Å². The first-order valence-corrected chi connectivity index (χ1v) is 9.88. The molecule has 0 aromatic heterocycles. The van der Waals surface area contributed by atoms with Gasteiger partial charge in [0.05, 0.1) is 32.6 Å². The lowest BCUT2D eigenvalue weighted by Gasteiger charge is -2.17. The van der Waals surface area contributed by atoms with Crippen LogP contribution in [0.5, 0.6) is 0 Å². The molecule has 0 aliphatic carbocycles. The van der Waals surface area contributed by atoms with Crippen molar-refractivity contribution >= 4 is 19.5 Å². The fraction of sp³-hybridized carbons (Fsp3) is 0.867. The quantitative estimate of drug-likeness (QED) is 0.218. The first-order valence-electron chi connectivity index (χ1n) is 8.15. The van der Waals surface area contributed by atoms with Gasteiger partial charge >= 0.3 is 19.5 Å². The number of hydrogen-bond donors (Lipinski definition) is 0. The summed E-state index contributed by atoms with van der Waals surface area (Å²) >= 11 is 0. The fourth-order valence-electron chi connectivity index (χ4n) is 2.03. The molecule has 0 radical (unpaired) electrons. The third-order valence-corrected chi connectivity index (χ3v) is 5.14. The zero-order chi connectivity index (χ0) is 17.7. The molecule has 0 aromatic carbocycles. The highest BCUT2D eigenvalue weighted by molar-refractivity contribution is 7.53. The van der Waals surface area contributed by atoms with Crippen LogP contribution in [0.4, 0.5) is 0 Å². The van der Waals surface area contributed by atoms with E-state index in [9.17, 15) is 14.2 Å². The van der Waals surface area contributed by atoms with Crippen LogP contribution in [0.2, 0.25) is 0 Å². The second kappa shape index (κ2) is 12.5. The minimum atomic E-state index is -3.08. The molecule has 0 aliphatic heterocycles. The maximum atomic E-state index is 12.3. The van der Waals surface area contributed by atoms with Gasteiger partial charge in [-0.05, 0) is 40.5 Å². The summed E-state index contributed by atoms with van der Waals surface area (Å²) in [6.07, 6.45) is 1.59. The minimum absolute atomic E-state index is 0.207. The monoisotopic (exact) mass is 352 g/mol. The molecule has 0 saturated carbocycles. The van der Waals surface area contributed by atoms with Crippen LogP contribution in [0.25, 0.3) is 0 Å². The van der Waals surface area contributed by atoms with Gasteiger partial charge in [-0.3, -0.25) is 14.2 Å². The minimum Gasteiger partial charge on any atom is -0.465 e. The largest absolute Gasteiger partial charge is 0.465 e. The zero-order valence-electron chi connectivity index (χ0n) is 14.5. The van der Waals surface area contributed by atoms with E-state index >= 15 is 0 Å². The highest BCUT2D eigenvalue weighted by Gasteiger charge is 2.29. The number of rotatable bonds is 13. The smallest absolute Gasteiger partial charge is 0.330 e. The Hall–Kier alpha value is -0.910. The summed E-state index contributed by atoms with van der Waals surface area (Å²) in [5.74, 6) is -2.10. The van der Waals surface area contributed by atoms with Crippen LogP contribution in [0.15, 0.2) is 0 Å². The van der Waals surface area contributed by atoms with Gasteiger partial charge in [-0.15, -0.1) is 0 Å². The Labute approximate surface area is 138 Å². The maximum Gasteiger partial charge on any atom is 0.330 e. The van der Waals surface area contributed by atoms with Crippen LogP contribution in [0, 0.1) is 5.92 Å². The molecule has 0 spiro atoms. The van der Waals surface area contributed by atoms with Crippen LogP contribution >= 0.6 is 7.60 Å². The molecule has 0 saturated heterocycles. The summed E-state index contributed by atoms with van der Waals surface area (Å²) in [7, 11) is -3.08. The molecule has 0 aromatic rings. The number of carbonyl (C=O) groups excluding carboxylic acids is 2. The SMILES string of the molecule is CCOC(=O)C(CCCCP(=O)(OCC)OCC)C(=O)OCC. The molecule has 0 unspecified atom stereocenters. The first kappa shape index (κ1) is 22.1. The second-order valence-corrected chi connectivity index (χ2v) is 6.91. The summed E-state index contributed by atoms with van der Waals surface area (Å²) < 4.78 is 32.5. The highest BCUT2D eigenvalue weighted by atomic mass is 31.2. The summed E-state index contributed by atoms with van der Waals surface area (Å²) in [5, 5.41) is 0. The first-order chi connectivity index (χ1) is 10.9. The van der Waals surface area contributed by atoms with Gasteiger partial charge in [0.15, 0.2) is 5.92 Å². The lowest BCUT2D eigenvalue weighted by Crippen LogP contribution is -2.28. The Morgan fingerprint density at radius 1 is 0.826 bits per heavy atom. The number of unbranched alkanes of at least 4 members (excludes halogenated alkanes) is 1. The molecule has 0 aliphatic rings. The maximum absolute atomic E-state index is 12.3. The van der Waals surface area contributed by atoms with E-state index in [1.807, 2.05) is 0 Å². The normalized spacial score (nSPS) is 11.5. The Kier molecular flexibility index (Phi) is 12.0. The van der Waals surface area contributed by atoms with Crippen molar-refractivity contribution in [1.29, 1.82) is 0 Å². The third kappa shape index (κ3) is 9.08. The van der Waals surface area contributed by atoms with Gasteiger partial charge < -0.3 is 18.5 Å². The summed E-state index contributed by atoms with van der Waals surface area (Å²) in [6.45, 7) is 7.90. The summed E-state index contributed by atoms with van der Waals surface area (Å²) in [5.41, 5.74) is 0. The van der Waals surface area contributed by atoms with E-state index in [2.05, 4.69) is 0 Å². The lowest BCUT2D eigenvalue weighted by atomic mass is 10.0. The molecule has 0 atom stereocenters. The van der Waals surface area contributed by atoms with Crippen LogP contribution in [-0.2, 0) is 32.7 Å². The molecular formula is C15H29O7P. The molecule has 0 amide bonds. The molecule has 136 valence electrons. The fourth-order valence-corrected chi connectivity index (χ4v) is 3.76. The Morgan fingerprint density at radius 3 is 1.70 bits per heavy atom. The molecule has 23 heavy (non-hydrogen) atoms. The number of carbonyl (C=O) groups is 2. The van der Waals surface area contributed by atoms with Crippen molar-refractivity contribution in [3.05, 3.63) is 0 Å². The highest BCUT2D eigenvalue weighted by Crippen LogP contribution is 2.48. The van der Waals surface area contributed by atoms with Crippen LogP contribution in [0.1, 0.15) is 47.0 Å². The van der Waals surface area contributed by atoms with Gasteiger partial charge in [-0.1, -0.05) is 6.42 Å². The van der Waals surface area contributed by atoms with Crippen molar-refractivity contribution in [2.45, 2.75) is 47.0 Å². The Morgan fingerprint density at radius 2 is 1.30 bits per heavy atom. The Balaban J connectivity index is 4.47. The van der Waals surface area contributed by atoms with Crippen molar-refractivity contribution in [3.63, 3.8) is 0 Å². The Bertz CT molecular complexity index is 369. The molecule has 0 bridgehead atoms. The van der Waals surface area contributed by atoms with Gasteiger partial charge in [-0.25, -0.2) is 0 Å². The molecular weight excluding hydrogens is 323 g/mol. The van der Waals surface area contributed by atoms with Gasteiger partial charge in [0.1, 0.15) is 0 Å². The molecule has 0 rings (SSSR count). The number of esters is 2. The van der Waals surface area contributed by atoms with Gasteiger partial charge in [0, 0.05) is 0 Å². The van der Waals surface area contributed by atoms with Gasteiger partial charge in [0.25, 0.3) is 0 Å². The topological polar surface area (TPSA) is 88.1 Å². The van der Waals surface area contributed by atoms with Crippen LogP contribution in [-0.4, -0.2) is 44.5 Å². The summed E-state index contributed by atoms with van der Waals surface area (Å²) in [6, 6.07) is 0. The van der Waals surface area contributed by atoms with Crippen molar-refractivity contribution in [3.8, 4) is 0 Å². The van der Waals surface area contributed by atoms with Gasteiger partial charge in [-0.2, -0.15) is 0 Å². The van der Waals surface area contributed by atoms with E-state index < -0.39 is 25.5 Å². The number of ether oxygens (including phenoxy) is 2. The second-order valence-electron chi connectivity index (χ2n) is 4.72. The van der Waals surface area contributed by atoms with Crippen molar-refractivity contribution in [2.24, 2.45) is 5.92 Å². The molecule has 8 heteroatoms. The molecule has 7 nitrogen and oxygen atoms in total. The average Bonchev–Trinajstić information content (AvgIpc) is 2.48. The standard InChI is InChI=1S/C15H29O7P/c1-5-19-14(16)13(15(17)20-6-2)11-9-10-12-23(18,21-7-3)22-8-4/h13H,5-12H2,1-4H3. The van der Waals surface area contributed by atoms with E-state index in [0.717, 1.165) is 0 Å². The molecule has 0 fully saturated rings. The van der Waals surface area contributed by atoms with E-state index in [-0.39, 0.29) is 25.8 Å². The summed E-state index contributed by atoms with van der Waals surface area (Å²) in [4.78, 5) is 23.7. The van der Waals surface area contributed by atoms with E-state index in [0.29, 0.717) is 26.1 Å². The van der Waals surface area contributed by atoms with E-state index in [1.54, 1.807) is 27.7 Å². The predicted octanol–water partition coefficient (Wildman–Crippen LogP) is 3.17. The third-order valence-electron chi connectivity index (χ3n) is 2.97. The van der Waals surface area contributed by atoms with E-state index in [4.69, 9.17) is 18.5 Å². The molecule has 0 heterocycles. The van der Waals surface area contributed by atoms with E-state index in [1.165, 1.54) is 0 Å². The zero-order valence-corrected chi connectivity index (χ0v) is 15.4. The van der Waals surface area contributed by atoms with Crippen LogP contribution < -0.4 is 0 Å². The van der Waals surface area contributed by atoms with Crippen molar-refractivity contribution < 1.29 is 32.7 Å².